The molecule has 2 fully saturated rings. The minimum atomic E-state index is -0.0639. The van der Waals surface area contributed by atoms with Gasteiger partial charge in [0.1, 0.15) is 12.4 Å². The van der Waals surface area contributed by atoms with Crippen molar-refractivity contribution in [2.45, 2.75) is 19.1 Å². The van der Waals surface area contributed by atoms with Crippen molar-refractivity contribution in [3.63, 3.8) is 0 Å². The van der Waals surface area contributed by atoms with Gasteiger partial charge in [-0.15, -0.1) is 0 Å². The molecule has 2 aliphatic heterocycles. The molecular formula is C23H29N3O4. The summed E-state index contributed by atoms with van der Waals surface area (Å²) >= 11 is 0. The van der Waals surface area contributed by atoms with Gasteiger partial charge in [0, 0.05) is 61.7 Å². The zero-order valence-corrected chi connectivity index (χ0v) is 17.2. The molecule has 3 heterocycles. The quantitative estimate of drug-likeness (QED) is 0.718. The largest absolute Gasteiger partial charge is 0.489 e. The Kier molecular flexibility index (Phi) is 7.29. The van der Waals surface area contributed by atoms with Crippen LogP contribution in [0.4, 0.5) is 0 Å². The third-order valence-electron chi connectivity index (χ3n) is 5.74. The van der Waals surface area contributed by atoms with Gasteiger partial charge in [0.05, 0.1) is 19.8 Å². The lowest BCUT2D eigenvalue weighted by molar-refractivity contribution is 0.00166. The van der Waals surface area contributed by atoms with E-state index in [-0.39, 0.29) is 11.9 Å². The van der Waals surface area contributed by atoms with Gasteiger partial charge in [-0.25, -0.2) is 0 Å². The van der Waals surface area contributed by atoms with Crippen molar-refractivity contribution >= 4 is 5.91 Å². The third-order valence-corrected chi connectivity index (χ3v) is 5.74. The lowest BCUT2D eigenvalue weighted by atomic mass is 9.96. The number of hydrogen-bond donors (Lipinski definition) is 1. The van der Waals surface area contributed by atoms with Gasteiger partial charge in [0.15, 0.2) is 0 Å². The van der Waals surface area contributed by atoms with Crippen LogP contribution in [0.2, 0.25) is 0 Å². The van der Waals surface area contributed by atoms with E-state index < -0.39 is 0 Å². The smallest absolute Gasteiger partial charge is 0.251 e. The maximum atomic E-state index is 12.7. The van der Waals surface area contributed by atoms with Crippen molar-refractivity contribution < 1.29 is 19.0 Å². The molecule has 30 heavy (non-hydrogen) atoms. The Hall–Kier alpha value is -2.48. The first-order valence-electron chi connectivity index (χ1n) is 10.6. The molecule has 160 valence electrons. The number of rotatable bonds is 8. The molecule has 1 aromatic carbocycles. The van der Waals surface area contributed by atoms with E-state index in [9.17, 15) is 4.79 Å². The summed E-state index contributed by atoms with van der Waals surface area (Å²) in [5.74, 6) is 1.11. The second-order valence-electron chi connectivity index (χ2n) is 7.72. The van der Waals surface area contributed by atoms with Crippen LogP contribution >= 0.6 is 0 Å². The molecule has 0 unspecified atom stereocenters. The SMILES string of the molecule is O=C(NC[C@@H]([C@H]1CCOC1)N1CCOCC1)c1ccc(OCc2cccnc2)cc1. The number of nitrogens with one attached hydrogen (secondary N) is 1. The molecule has 0 aliphatic carbocycles. The molecule has 1 aromatic heterocycles. The Morgan fingerprint density at radius 3 is 2.70 bits per heavy atom. The van der Waals surface area contributed by atoms with Gasteiger partial charge >= 0.3 is 0 Å². The molecule has 4 rings (SSSR count). The fourth-order valence-corrected chi connectivity index (χ4v) is 4.01. The fourth-order valence-electron chi connectivity index (χ4n) is 4.01. The summed E-state index contributed by atoms with van der Waals surface area (Å²) < 4.78 is 16.9. The van der Waals surface area contributed by atoms with Gasteiger partial charge in [-0.05, 0) is 36.8 Å². The van der Waals surface area contributed by atoms with Crippen LogP contribution < -0.4 is 10.1 Å². The highest BCUT2D eigenvalue weighted by atomic mass is 16.5. The Labute approximate surface area is 177 Å². The number of carbonyl (C=O) groups is 1. The minimum Gasteiger partial charge on any atom is -0.489 e. The molecular weight excluding hydrogens is 382 g/mol. The van der Waals surface area contributed by atoms with Gasteiger partial charge in [0.2, 0.25) is 0 Å². The predicted octanol–water partition coefficient (Wildman–Crippen LogP) is 2.13. The van der Waals surface area contributed by atoms with Gasteiger partial charge in [0.25, 0.3) is 5.91 Å². The second-order valence-corrected chi connectivity index (χ2v) is 7.72. The van der Waals surface area contributed by atoms with Crippen LogP contribution in [0, 0.1) is 5.92 Å². The van der Waals surface area contributed by atoms with Crippen LogP contribution in [-0.2, 0) is 16.1 Å². The highest BCUT2D eigenvalue weighted by Gasteiger charge is 2.31. The summed E-state index contributed by atoms with van der Waals surface area (Å²) in [6.45, 7) is 5.94. The van der Waals surface area contributed by atoms with Crippen molar-refractivity contribution in [1.29, 1.82) is 0 Å². The molecule has 2 atom stereocenters. The van der Waals surface area contributed by atoms with Crippen LogP contribution in [0.5, 0.6) is 5.75 Å². The number of morpholine rings is 1. The summed E-state index contributed by atoms with van der Waals surface area (Å²) in [5.41, 5.74) is 1.64. The molecule has 0 radical (unpaired) electrons. The van der Waals surface area contributed by atoms with Gasteiger partial charge in [-0.3, -0.25) is 14.7 Å². The van der Waals surface area contributed by atoms with Crippen molar-refractivity contribution in [1.82, 2.24) is 15.2 Å². The summed E-state index contributed by atoms with van der Waals surface area (Å²) in [5, 5.41) is 3.12. The molecule has 0 bridgehead atoms. The van der Waals surface area contributed by atoms with E-state index in [0.29, 0.717) is 24.6 Å². The number of aromatic nitrogens is 1. The first-order chi connectivity index (χ1) is 14.8. The van der Waals surface area contributed by atoms with E-state index in [1.807, 2.05) is 24.3 Å². The van der Waals surface area contributed by atoms with E-state index in [4.69, 9.17) is 14.2 Å². The van der Waals surface area contributed by atoms with Gasteiger partial charge < -0.3 is 19.5 Å². The number of benzene rings is 1. The molecule has 7 heteroatoms. The Morgan fingerprint density at radius 2 is 2.00 bits per heavy atom. The fraction of sp³-hybridized carbons (Fsp3) is 0.478. The average molecular weight is 412 g/mol. The number of carbonyl (C=O) groups excluding carboxylic acids is 1. The topological polar surface area (TPSA) is 72.9 Å². The van der Waals surface area contributed by atoms with Gasteiger partial charge in [-0.1, -0.05) is 6.07 Å². The molecule has 2 aliphatic rings. The number of amides is 1. The van der Waals surface area contributed by atoms with Crippen LogP contribution in [0.15, 0.2) is 48.8 Å². The van der Waals surface area contributed by atoms with Crippen molar-refractivity contribution in [2.24, 2.45) is 5.92 Å². The maximum Gasteiger partial charge on any atom is 0.251 e. The van der Waals surface area contributed by atoms with Crippen LogP contribution in [-0.4, -0.2) is 67.9 Å². The second kappa shape index (κ2) is 10.5. The lowest BCUT2D eigenvalue weighted by Gasteiger charge is -2.37. The van der Waals surface area contributed by atoms with Crippen molar-refractivity contribution in [3.05, 3.63) is 59.9 Å². The highest BCUT2D eigenvalue weighted by molar-refractivity contribution is 5.94. The first-order valence-corrected chi connectivity index (χ1v) is 10.6. The zero-order chi connectivity index (χ0) is 20.6. The predicted molar refractivity (Wildman–Crippen MR) is 112 cm³/mol. The first kappa shape index (κ1) is 20.8. The van der Waals surface area contributed by atoms with E-state index in [1.54, 1.807) is 24.5 Å². The maximum absolute atomic E-state index is 12.7. The third kappa shape index (κ3) is 5.56. The molecule has 1 amide bonds. The number of pyridine rings is 1. The van der Waals surface area contributed by atoms with E-state index in [2.05, 4.69) is 15.2 Å². The number of ether oxygens (including phenoxy) is 3. The van der Waals surface area contributed by atoms with Crippen molar-refractivity contribution in [2.75, 3.05) is 46.1 Å². The van der Waals surface area contributed by atoms with E-state index in [1.165, 1.54) is 0 Å². The van der Waals surface area contributed by atoms with Gasteiger partial charge in [-0.2, -0.15) is 0 Å². The molecule has 1 N–H and O–H groups in total. The highest BCUT2D eigenvalue weighted by Crippen LogP contribution is 2.22. The zero-order valence-electron chi connectivity index (χ0n) is 17.2. The monoisotopic (exact) mass is 411 g/mol. The minimum absolute atomic E-state index is 0.0639. The van der Waals surface area contributed by atoms with E-state index >= 15 is 0 Å². The van der Waals surface area contributed by atoms with Crippen molar-refractivity contribution in [3.8, 4) is 5.75 Å². The Morgan fingerprint density at radius 1 is 1.17 bits per heavy atom. The van der Waals surface area contributed by atoms with Crippen LogP contribution in [0.25, 0.3) is 0 Å². The van der Waals surface area contributed by atoms with Crippen LogP contribution in [0.3, 0.4) is 0 Å². The summed E-state index contributed by atoms with van der Waals surface area (Å²) in [6.07, 6.45) is 4.56. The molecule has 0 saturated carbocycles. The number of nitrogens with zero attached hydrogens (tertiary/aromatic N) is 2. The molecule has 0 spiro atoms. The van der Waals surface area contributed by atoms with Crippen LogP contribution in [0.1, 0.15) is 22.3 Å². The normalized spacial score (nSPS) is 20.6. The summed E-state index contributed by atoms with van der Waals surface area (Å²) in [7, 11) is 0. The molecule has 7 nitrogen and oxygen atoms in total. The average Bonchev–Trinajstić information content (AvgIpc) is 3.34. The summed E-state index contributed by atoms with van der Waals surface area (Å²) in [6, 6.07) is 11.4. The molecule has 2 aromatic rings. The Balaban J connectivity index is 1.30. The van der Waals surface area contributed by atoms with E-state index in [0.717, 1.165) is 57.3 Å². The Bertz CT molecular complexity index is 788. The standard InChI is InChI=1S/C23H29N3O4/c27-23(19-3-5-21(6-4-19)30-16-18-2-1-8-24-14-18)25-15-22(20-7-11-29-17-20)26-9-12-28-13-10-26/h1-6,8,14,20,22H,7,9-13,15-17H2,(H,25,27)/t20-,22-/m0/s1. The number of hydrogen-bond acceptors (Lipinski definition) is 6. The summed E-state index contributed by atoms with van der Waals surface area (Å²) in [4.78, 5) is 19.2. The molecule has 2 saturated heterocycles. The lowest BCUT2D eigenvalue weighted by Crippen LogP contribution is -2.52.